The first-order valence-electron chi connectivity index (χ1n) is 12.6. The van der Waals surface area contributed by atoms with Gasteiger partial charge in [-0.3, -0.25) is 9.69 Å². The molecule has 0 spiro atoms. The lowest BCUT2D eigenvalue weighted by Crippen LogP contribution is -2.39. The van der Waals surface area contributed by atoms with E-state index in [2.05, 4.69) is 54.8 Å². The Bertz CT molecular complexity index is 1100. The first-order valence-corrected chi connectivity index (χ1v) is 12.6. The average Bonchev–Trinajstić information content (AvgIpc) is 3.39. The Balaban J connectivity index is 1.60. The number of benzene rings is 2. The summed E-state index contributed by atoms with van der Waals surface area (Å²) in [5, 5.41) is 0. The van der Waals surface area contributed by atoms with Crippen LogP contribution in [0.5, 0.6) is 5.75 Å². The van der Waals surface area contributed by atoms with Crippen LogP contribution in [-0.2, 0) is 6.54 Å². The van der Waals surface area contributed by atoms with E-state index in [4.69, 9.17) is 9.15 Å². The van der Waals surface area contributed by atoms with Gasteiger partial charge in [0.25, 0.3) is 5.91 Å². The van der Waals surface area contributed by atoms with Gasteiger partial charge < -0.3 is 14.1 Å². The van der Waals surface area contributed by atoms with E-state index in [0.717, 1.165) is 55.6 Å². The van der Waals surface area contributed by atoms with Gasteiger partial charge in [-0.15, -0.1) is 0 Å². The summed E-state index contributed by atoms with van der Waals surface area (Å²) in [5.74, 6) is 3.98. The standard InChI is InChI=1S/C30H38N2O3/c1-21(2)16-32(30(33)24-10-7-6-8-11-24)18-26-17-31(19-28-14-22(3)23(4)35-28)20-29(26)25-12-9-13-27(15-25)34-5/h6-15,21,26,29H,16-20H2,1-5H3. The van der Waals surface area contributed by atoms with Gasteiger partial charge in [-0.1, -0.05) is 44.2 Å². The van der Waals surface area contributed by atoms with E-state index >= 15 is 0 Å². The van der Waals surface area contributed by atoms with Gasteiger partial charge in [0, 0.05) is 37.7 Å². The molecule has 2 heterocycles. The van der Waals surface area contributed by atoms with Crippen LogP contribution < -0.4 is 4.74 Å². The third-order valence-corrected chi connectivity index (χ3v) is 6.98. The van der Waals surface area contributed by atoms with E-state index in [-0.39, 0.29) is 5.91 Å². The first kappa shape index (κ1) is 25.1. The smallest absolute Gasteiger partial charge is 0.253 e. The fourth-order valence-electron chi connectivity index (χ4n) is 5.20. The molecule has 2 atom stereocenters. The van der Waals surface area contributed by atoms with Crippen LogP contribution in [0, 0.1) is 25.7 Å². The maximum absolute atomic E-state index is 13.5. The molecule has 4 rings (SSSR count). The second-order valence-electron chi connectivity index (χ2n) is 10.3. The molecule has 5 heteroatoms. The molecule has 1 aliphatic heterocycles. The largest absolute Gasteiger partial charge is 0.497 e. The van der Waals surface area contributed by atoms with E-state index < -0.39 is 0 Å². The number of likely N-dealkylation sites (tertiary alicyclic amines) is 1. The monoisotopic (exact) mass is 474 g/mol. The summed E-state index contributed by atoms with van der Waals surface area (Å²) < 4.78 is 11.5. The van der Waals surface area contributed by atoms with Gasteiger partial charge in [-0.25, -0.2) is 0 Å². The van der Waals surface area contributed by atoms with Gasteiger partial charge in [0.1, 0.15) is 17.3 Å². The summed E-state index contributed by atoms with van der Waals surface area (Å²) in [4.78, 5) is 18.0. The first-order chi connectivity index (χ1) is 16.8. The predicted octanol–water partition coefficient (Wildman–Crippen LogP) is 5.92. The number of aryl methyl sites for hydroxylation is 2. The lowest BCUT2D eigenvalue weighted by molar-refractivity contribution is 0.0703. The highest BCUT2D eigenvalue weighted by molar-refractivity contribution is 5.94. The van der Waals surface area contributed by atoms with Crippen LogP contribution in [0.4, 0.5) is 0 Å². The molecule has 1 saturated heterocycles. The van der Waals surface area contributed by atoms with Gasteiger partial charge in [-0.05, 0) is 67.1 Å². The molecule has 2 unspecified atom stereocenters. The Labute approximate surface area is 209 Å². The molecular formula is C30H38N2O3. The van der Waals surface area contributed by atoms with Crippen molar-refractivity contribution < 1.29 is 13.9 Å². The Hall–Kier alpha value is -3.05. The predicted molar refractivity (Wildman–Crippen MR) is 140 cm³/mol. The molecule has 1 aromatic heterocycles. The molecule has 0 bridgehead atoms. The number of rotatable bonds is 9. The maximum Gasteiger partial charge on any atom is 0.253 e. The molecule has 186 valence electrons. The number of hydrogen-bond acceptors (Lipinski definition) is 4. The Morgan fingerprint density at radius 2 is 1.86 bits per heavy atom. The van der Waals surface area contributed by atoms with E-state index in [1.165, 1.54) is 11.1 Å². The number of nitrogens with zero attached hydrogens (tertiary/aromatic N) is 2. The molecule has 1 amide bonds. The summed E-state index contributed by atoms with van der Waals surface area (Å²) >= 11 is 0. The lowest BCUT2D eigenvalue weighted by Gasteiger charge is -2.30. The second kappa shape index (κ2) is 11.1. The molecule has 3 aromatic rings. The summed E-state index contributed by atoms with van der Waals surface area (Å²) in [6.07, 6.45) is 0. The van der Waals surface area contributed by atoms with Crippen molar-refractivity contribution in [3.05, 3.63) is 88.9 Å². The number of ether oxygens (including phenoxy) is 1. The van der Waals surface area contributed by atoms with E-state index in [0.29, 0.717) is 17.8 Å². The van der Waals surface area contributed by atoms with Crippen LogP contribution in [0.15, 0.2) is 65.1 Å². The van der Waals surface area contributed by atoms with Crippen molar-refractivity contribution in [3.63, 3.8) is 0 Å². The zero-order valence-corrected chi connectivity index (χ0v) is 21.7. The molecule has 35 heavy (non-hydrogen) atoms. The molecule has 2 aromatic carbocycles. The van der Waals surface area contributed by atoms with Gasteiger partial charge in [-0.2, -0.15) is 0 Å². The summed E-state index contributed by atoms with van der Waals surface area (Å²) in [7, 11) is 1.71. The third-order valence-electron chi connectivity index (χ3n) is 6.98. The number of carbonyl (C=O) groups excluding carboxylic acids is 1. The highest BCUT2D eigenvalue weighted by Crippen LogP contribution is 2.36. The number of amides is 1. The maximum atomic E-state index is 13.5. The minimum Gasteiger partial charge on any atom is -0.497 e. The molecule has 1 aliphatic rings. The van der Waals surface area contributed by atoms with E-state index in [9.17, 15) is 4.79 Å². The molecule has 5 nitrogen and oxygen atoms in total. The van der Waals surface area contributed by atoms with Crippen LogP contribution in [0.1, 0.15) is 52.8 Å². The molecule has 0 radical (unpaired) electrons. The summed E-state index contributed by atoms with van der Waals surface area (Å²) in [6.45, 7) is 12.5. The SMILES string of the molecule is COc1cccc(C2CN(Cc3cc(C)c(C)o3)CC2CN(CC(C)C)C(=O)c2ccccc2)c1. The van der Waals surface area contributed by atoms with E-state index in [1.54, 1.807) is 7.11 Å². The van der Waals surface area contributed by atoms with Gasteiger partial charge in [0.2, 0.25) is 0 Å². The highest BCUT2D eigenvalue weighted by Gasteiger charge is 2.36. The zero-order chi connectivity index (χ0) is 24.9. The van der Waals surface area contributed by atoms with Crippen molar-refractivity contribution in [1.29, 1.82) is 0 Å². The van der Waals surface area contributed by atoms with Gasteiger partial charge in [0.05, 0.1) is 13.7 Å². The van der Waals surface area contributed by atoms with Crippen LogP contribution in [-0.4, -0.2) is 49.0 Å². The Morgan fingerprint density at radius 3 is 2.51 bits per heavy atom. The quantitative estimate of drug-likeness (QED) is 0.386. The average molecular weight is 475 g/mol. The third kappa shape index (κ3) is 6.15. The van der Waals surface area contributed by atoms with Crippen molar-refractivity contribution in [3.8, 4) is 5.75 Å². The number of furan rings is 1. The van der Waals surface area contributed by atoms with Crippen molar-refractivity contribution in [2.24, 2.45) is 11.8 Å². The van der Waals surface area contributed by atoms with Crippen molar-refractivity contribution in [2.75, 3.05) is 33.3 Å². The van der Waals surface area contributed by atoms with Crippen LogP contribution in [0.2, 0.25) is 0 Å². The van der Waals surface area contributed by atoms with Gasteiger partial charge in [0.15, 0.2) is 0 Å². The minimum atomic E-state index is 0.111. The second-order valence-corrected chi connectivity index (χ2v) is 10.3. The normalized spacial score (nSPS) is 18.2. The van der Waals surface area contributed by atoms with Crippen LogP contribution in [0.3, 0.4) is 0 Å². The molecule has 0 saturated carbocycles. The summed E-state index contributed by atoms with van der Waals surface area (Å²) in [5.41, 5.74) is 3.21. The van der Waals surface area contributed by atoms with Crippen molar-refractivity contribution >= 4 is 5.91 Å². The van der Waals surface area contributed by atoms with Crippen molar-refractivity contribution in [2.45, 2.75) is 40.2 Å². The zero-order valence-electron chi connectivity index (χ0n) is 21.7. The molecule has 0 aliphatic carbocycles. The Morgan fingerprint density at radius 1 is 1.09 bits per heavy atom. The van der Waals surface area contributed by atoms with Crippen molar-refractivity contribution in [1.82, 2.24) is 9.80 Å². The van der Waals surface area contributed by atoms with Crippen LogP contribution in [0.25, 0.3) is 0 Å². The number of methoxy groups -OCH3 is 1. The lowest BCUT2D eigenvalue weighted by atomic mass is 9.88. The summed E-state index contributed by atoms with van der Waals surface area (Å²) in [6, 6.07) is 20.2. The molecular weight excluding hydrogens is 436 g/mol. The fourth-order valence-corrected chi connectivity index (χ4v) is 5.20. The van der Waals surface area contributed by atoms with Crippen LogP contribution >= 0.6 is 0 Å². The topological polar surface area (TPSA) is 45.9 Å². The molecule has 1 fully saturated rings. The van der Waals surface area contributed by atoms with E-state index in [1.807, 2.05) is 43.3 Å². The number of hydrogen-bond donors (Lipinski definition) is 0. The molecule has 0 N–H and O–H groups in total. The minimum absolute atomic E-state index is 0.111. The Kier molecular flexibility index (Phi) is 7.97. The van der Waals surface area contributed by atoms with Gasteiger partial charge >= 0.3 is 0 Å². The number of carbonyl (C=O) groups is 1. The highest BCUT2D eigenvalue weighted by atomic mass is 16.5. The fraction of sp³-hybridized carbons (Fsp3) is 0.433.